The number of hydrogen-bond acceptors (Lipinski definition) is 4. The highest BCUT2D eigenvalue weighted by atomic mass is 16.3. The fraction of sp³-hybridized carbons (Fsp3) is 0.600. The number of pyridine rings is 1. The summed E-state index contributed by atoms with van der Waals surface area (Å²) < 4.78 is 0. The summed E-state index contributed by atoms with van der Waals surface area (Å²) in [6, 6.07) is 3.35. The lowest BCUT2D eigenvalue weighted by molar-refractivity contribution is 0.0818. The van der Waals surface area contributed by atoms with E-state index < -0.39 is 6.10 Å². The third-order valence-electron chi connectivity index (χ3n) is 3.77. The number of hydrogen-bond donors (Lipinski definition) is 3. The second kappa shape index (κ2) is 6.70. The SMILES string of the molecule is CNc1cc(C(=O)NC2CCCCCC2O)cc(C)n1. The number of anilines is 1. The Labute approximate surface area is 119 Å². The molecular weight excluding hydrogens is 254 g/mol. The Morgan fingerprint density at radius 1 is 1.30 bits per heavy atom. The van der Waals surface area contributed by atoms with Crippen LogP contribution in [0.4, 0.5) is 5.82 Å². The van der Waals surface area contributed by atoms with Gasteiger partial charge in [0.15, 0.2) is 0 Å². The van der Waals surface area contributed by atoms with Crippen LogP contribution in [-0.2, 0) is 0 Å². The molecule has 5 nitrogen and oxygen atoms in total. The van der Waals surface area contributed by atoms with Crippen LogP contribution in [0.2, 0.25) is 0 Å². The fourth-order valence-corrected chi connectivity index (χ4v) is 2.64. The van der Waals surface area contributed by atoms with Crippen molar-refractivity contribution in [2.75, 3.05) is 12.4 Å². The molecular formula is C15H23N3O2. The lowest BCUT2D eigenvalue weighted by atomic mass is 10.1. The normalized spacial score (nSPS) is 22.9. The fourth-order valence-electron chi connectivity index (χ4n) is 2.64. The lowest BCUT2D eigenvalue weighted by Gasteiger charge is -2.22. The molecule has 3 N–H and O–H groups in total. The summed E-state index contributed by atoms with van der Waals surface area (Å²) in [4.78, 5) is 16.6. The van der Waals surface area contributed by atoms with E-state index in [1.807, 2.05) is 6.92 Å². The van der Waals surface area contributed by atoms with E-state index in [1.165, 1.54) is 0 Å². The number of aliphatic hydroxyl groups excluding tert-OH is 1. The van der Waals surface area contributed by atoms with Gasteiger partial charge in [-0.15, -0.1) is 0 Å². The molecule has 2 unspecified atom stereocenters. The monoisotopic (exact) mass is 277 g/mol. The Hall–Kier alpha value is -1.62. The molecule has 0 aliphatic heterocycles. The first kappa shape index (κ1) is 14.8. The summed E-state index contributed by atoms with van der Waals surface area (Å²) in [5.41, 5.74) is 1.38. The molecule has 1 fully saturated rings. The van der Waals surface area contributed by atoms with Crippen molar-refractivity contribution in [1.29, 1.82) is 0 Å². The van der Waals surface area contributed by atoms with Gasteiger partial charge in [-0.1, -0.05) is 19.3 Å². The maximum absolute atomic E-state index is 12.3. The number of aliphatic hydroxyl groups is 1. The Balaban J connectivity index is 2.09. The second-order valence-corrected chi connectivity index (χ2v) is 5.42. The van der Waals surface area contributed by atoms with Gasteiger partial charge in [0, 0.05) is 18.3 Å². The van der Waals surface area contributed by atoms with Gasteiger partial charge in [-0.05, 0) is 31.9 Å². The number of nitrogens with zero attached hydrogens (tertiary/aromatic N) is 1. The molecule has 1 heterocycles. The van der Waals surface area contributed by atoms with Gasteiger partial charge in [0.05, 0.1) is 12.1 Å². The average Bonchev–Trinajstić information content (AvgIpc) is 2.63. The Morgan fingerprint density at radius 2 is 2.05 bits per heavy atom. The summed E-state index contributed by atoms with van der Waals surface area (Å²) in [6.07, 6.45) is 4.39. The van der Waals surface area contributed by atoms with Crippen molar-refractivity contribution in [1.82, 2.24) is 10.3 Å². The van der Waals surface area contributed by atoms with E-state index in [-0.39, 0.29) is 11.9 Å². The summed E-state index contributed by atoms with van der Waals surface area (Å²) >= 11 is 0. The molecule has 2 atom stereocenters. The molecule has 20 heavy (non-hydrogen) atoms. The van der Waals surface area contributed by atoms with Gasteiger partial charge in [0.25, 0.3) is 5.91 Å². The van der Waals surface area contributed by atoms with Crippen molar-refractivity contribution in [3.05, 3.63) is 23.4 Å². The zero-order chi connectivity index (χ0) is 14.5. The highest BCUT2D eigenvalue weighted by Gasteiger charge is 2.23. The number of amides is 1. The molecule has 1 amide bonds. The standard InChI is InChI=1S/C15H23N3O2/c1-10-8-11(9-14(16-2)17-10)15(20)18-12-6-4-3-5-7-13(12)19/h8-9,12-13,19H,3-7H2,1-2H3,(H,16,17)(H,18,20). The summed E-state index contributed by atoms with van der Waals surface area (Å²) in [5.74, 6) is 0.537. The van der Waals surface area contributed by atoms with Crippen molar-refractivity contribution in [3.63, 3.8) is 0 Å². The van der Waals surface area contributed by atoms with Gasteiger partial charge < -0.3 is 15.7 Å². The predicted molar refractivity (Wildman–Crippen MR) is 78.9 cm³/mol. The van der Waals surface area contributed by atoms with Crippen LogP contribution in [0.1, 0.15) is 48.2 Å². The molecule has 2 rings (SSSR count). The van der Waals surface area contributed by atoms with Crippen LogP contribution in [0.15, 0.2) is 12.1 Å². The third kappa shape index (κ3) is 3.70. The van der Waals surface area contributed by atoms with Crippen molar-refractivity contribution in [3.8, 4) is 0 Å². The van der Waals surface area contributed by atoms with Crippen LogP contribution in [0.5, 0.6) is 0 Å². The van der Waals surface area contributed by atoms with E-state index in [0.29, 0.717) is 11.4 Å². The molecule has 1 aliphatic rings. The molecule has 0 aromatic carbocycles. The van der Waals surface area contributed by atoms with Crippen molar-refractivity contribution < 1.29 is 9.90 Å². The van der Waals surface area contributed by atoms with Gasteiger partial charge in [0.1, 0.15) is 5.82 Å². The minimum Gasteiger partial charge on any atom is -0.391 e. The quantitative estimate of drug-likeness (QED) is 0.737. The first-order valence-corrected chi connectivity index (χ1v) is 7.25. The number of nitrogens with one attached hydrogen (secondary N) is 2. The third-order valence-corrected chi connectivity index (χ3v) is 3.77. The van der Waals surface area contributed by atoms with Gasteiger partial charge in [-0.3, -0.25) is 4.79 Å². The minimum absolute atomic E-state index is 0.141. The Morgan fingerprint density at radius 3 is 2.80 bits per heavy atom. The van der Waals surface area contributed by atoms with E-state index in [1.54, 1.807) is 19.2 Å². The first-order chi connectivity index (χ1) is 9.60. The minimum atomic E-state index is -0.437. The average molecular weight is 277 g/mol. The van der Waals surface area contributed by atoms with Gasteiger partial charge >= 0.3 is 0 Å². The molecule has 0 radical (unpaired) electrons. The van der Waals surface area contributed by atoms with Crippen LogP contribution in [0.25, 0.3) is 0 Å². The van der Waals surface area contributed by atoms with E-state index in [4.69, 9.17) is 0 Å². The van der Waals surface area contributed by atoms with E-state index in [0.717, 1.165) is 37.8 Å². The van der Waals surface area contributed by atoms with Gasteiger partial charge in [-0.25, -0.2) is 4.98 Å². The van der Waals surface area contributed by atoms with Crippen molar-refractivity contribution >= 4 is 11.7 Å². The molecule has 1 aromatic heterocycles. The van der Waals surface area contributed by atoms with Crippen LogP contribution < -0.4 is 10.6 Å². The molecule has 5 heteroatoms. The maximum atomic E-state index is 12.3. The van der Waals surface area contributed by atoms with Crippen LogP contribution in [0, 0.1) is 6.92 Å². The number of aromatic nitrogens is 1. The van der Waals surface area contributed by atoms with Crippen LogP contribution in [0.3, 0.4) is 0 Å². The highest BCUT2D eigenvalue weighted by molar-refractivity contribution is 5.95. The summed E-state index contributed by atoms with van der Waals surface area (Å²) in [7, 11) is 1.78. The van der Waals surface area contributed by atoms with Crippen molar-refractivity contribution in [2.45, 2.75) is 51.2 Å². The van der Waals surface area contributed by atoms with Crippen molar-refractivity contribution in [2.24, 2.45) is 0 Å². The summed E-state index contributed by atoms with van der Waals surface area (Å²) in [6.45, 7) is 1.86. The molecule has 1 saturated carbocycles. The number of aryl methyl sites for hydroxylation is 1. The number of carbonyl (C=O) groups excluding carboxylic acids is 1. The Kier molecular flexibility index (Phi) is 4.95. The van der Waals surface area contributed by atoms with Crippen LogP contribution >= 0.6 is 0 Å². The molecule has 0 bridgehead atoms. The maximum Gasteiger partial charge on any atom is 0.251 e. The highest BCUT2D eigenvalue weighted by Crippen LogP contribution is 2.19. The topological polar surface area (TPSA) is 74.2 Å². The molecule has 110 valence electrons. The Bertz CT molecular complexity index is 476. The number of carbonyl (C=O) groups is 1. The van der Waals surface area contributed by atoms with Gasteiger partial charge in [0.2, 0.25) is 0 Å². The zero-order valence-electron chi connectivity index (χ0n) is 12.1. The first-order valence-electron chi connectivity index (χ1n) is 7.25. The molecule has 1 aliphatic carbocycles. The largest absolute Gasteiger partial charge is 0.391 e. The smallest absolute Gasteiger partial charge is 0.251 e. The zero-order valence-corrected chi connectivity index (χ0v) is 12.1. The molecule has 0 spiro atoms. The van der Waals surface area contributed by atoms with Crippen LogP contribution in [-0.4, -0.2) is 35.2 Å². The molecule has 1 aromatic rings. The van der Waals surface area contributed by atoms with E-state index in [2.05, 4.69) is 15.6 Å². The summed E-state index contributed by atoms with van der Waals surface area (Å²) in [5, 5.41) is 16.0. The van der Waals surface area contributed by atoms with E-state index >= 15 is 0 Å². The lowest BCUT2D eigenvalue weighted by Crippen LogP contribution is -2.42. The number of rotatable bonds is 3. The predicted octanol–water partition coefficient (Wildman–Crippen LogP) is 1.86. The van der Waals surface area contributed by atoms with Gasteiger partial charge in [-0.2, -0.15) is 0 Å². The van der Waals surface area contributed by atoms with E-state index in [9.17, 15) is 9.90 Å². The second-order valence-electron chi connectivity index (χ2n) is 5.42. The molecule has 0 saturated heterocycles.